The fourth-order valence-corrected chi connectivity index (χ4v) is 4.93. The molecule has 1 aliphatic carbocycles. The summed E-state index contributed by atoms with van der Waals surface area (Å²) < 4.78 is 24.1. The number of amides is 2. The summed E-state index contributed by atoms with van der Waals surface area (Å²) in [6.45, 7) is 1.33. The molecule has 0 radical (unpaired) electrons. The van der Waals surface area contributed by atoms with Crippen molar-refractivity contribution in [1.29, 1.82) is 0 Å². The van der Waals surface area contributed by atoms with Crippen LogP contribution < -0.4 is 5.32 Å². The van der Waals surface area contributed by atoms with Crippen molar-refractivity contribution >= 4 is 21.4 Å². The summed E-state index contributed by atoms with van der Waals surface area (Å²) in [5, 5.41) is 2.69. The predicted molar refractivity (Wildman–Crippen MR) is 112 cm³/mol. The number of urea groups is 1. The molecule has 0 spiro atoms. The average Bonchev–Trinajstić information content (AvgIpc) is 2.89. The van der Waals surface area contributed by atoms with Crippen molar-refractivity contribution < 1.29 is 13.2 Å². The van der Waals surface area contributed by atoms with E-state index in [0.29, 0.717) is 18.0 Å². The summed E-state index contributed by atoms with van der Waals surface area (Å²) in [6, 6.07) is 9.45. The molecule has 6 nitrogen and oxygen atoms in total. The molecule has 0 saturated carbocycles. The van der Waals surface area contributed by atoms with E-state index < -0.39 is 9.84 Å². The zero-order valence-electron chi connectivity index (χ0n) is 16.7. The Balaban J connectivity index is 1.84. The maximum Gasteiger partial charge on any atom is 0.317 e. The Bertz CT molecular complexity index is 1100. The van der Waals surface area contributed by atoms with Gasteiger partial charge in [-0.3, -0.25) is 4.98 Å². The van der Waals surface area contributed by atoms with Gasteiger partial charge >= 0.3 is 6.03 Å². The molecule has 0 atom stereocenters. The van der Waals surface area contributed by atoms with Crippen molar-refractivity contribution in [2.24, 2.45) is 0 Å². The number of hydrogen-bond acceptors (Lipinski definition) is 4. The van der Waals surface area contributed by atoms with Crippen LogP contribution in [0.2, 0.25) is 0 Å². The second-order valence-corrected chi connectivity index (χ2v) is 9.64. The predicted octanol–water partition coefficient (Wildman–Crippen LogP) is 2.82. The van der Waals surface area contributed by atoms with Crippen LogP contribution in [0.3, 0.4) is 0 Å². The number of benzene rings is 1. The third kappa shape index (κ3) is 3.79. The Morgan fingerprint density at radius 1 is 1.07 bits per heavy atom. The van der Waals surface area contributed by atoms with Crippen molar-refractivity contribution in [3.8, 4) is 0 Å². The number of carbonyl (C=O) groups excluding carboxylic acids is 1. The summed E-state index contributed by atoms with van der Waals surface area (Å²) >= 11 is 0. The Kier molecular flexibility index (Phi) is 5.17. The van der Waals surface area contributed by atoms with E-state index in [4.69, 9.17) is 4.98 Å². The number of sulfone groups is 1. The highest BCUT2D eigenvalue weighted by Crippen LogP contribution is 2.38. The molecule has 29 heavy (non-hydrogen) atoms. The van der Waals surface area contributed by atoms with Crippen LogP contribution in [0.1, 0.15) is 35.2 Å². The second-order valence-electron chi connectivity index (χ2n) is 7.62. The minimum Gasteiger partial charge on any atom is -0.341 e. The molecule has 1 aromatic carbocycles. The largest absolute Gasteiger partial charge is 0.341 e. The normalized spacial score (nSPS) is 16.7. The summed E-state index contributed by atoms with van der Waals surface area (Å²) in [7, 11) is -1.61. The maximum atomic E-state index is 12.1. The lowest BCUT2D eigenvalue weighted by Crippen LogP contribution is -2.41. The maximum absolute atomic E-state index is 12.1. The summed E-state index contributed by atoms with van der Waals surface area (Å²) in [4.78, 5) is 18.9. The zero-order chi connectivity index (χ0) is 20.6. The number of nitrogens with one attached hydrogen (secondary N) is 1. The van der Waals surface area contributed by atoms with Crippen LogP contribution in [0, 0.1) is 0 Å². The monoisotopic (exact) mass is 411 g/mol. The first-order valence-corrected chi connectivity index (χ1v) is 11.7. The van der Waals surface area contributed by atoms with E-state index in [1.807, 2.05) is 29.3 Å². The lowest BCUT2D eigenvalue weighted by atomic mass is 9.88. The van der Waals surface area contributed by atoms with E-state index in [1.54, 1.807) is 13.1 Å². The molecular formula is C22H25N3O3S. The van der Waals surface area contributed by atoms with Gasteiger partial charge < -0.3 is 10.2 Å². The third-order valence-corrected chi connectivity index (χ3v) is 6.90. The summed E-state index contributed by atoms with van der Waals surface area (Å²) in [6.07, 6.45) is 6.23. The SMILES string of the molecule is CNC(=O)N1CCC(=C2c3ccc(S(C)(=O)=O)cc3CCc3cccnc32)CC1. The minimum absolute atomic E-state index is 0.0494. The number of aryl methyl sites for hydroxylation is 2. The molecule has 0 unspecified atom stereocenters. The number of fused-ring (bicyclic) bond motifs is 2. The Morgan fingerprint density at radius 3 is 2.48 bits per heavy atom. The Hall–Kier alpha value is -2.67. The molecular weight excluding hydrogens is 386 g/mol. The van der Waals surface area contributed by atoms with E-state index in [2.05, 4.69) is 11.4 Å². The number of hydrogen-bond donors (Lipinski definition) is 1. The van der Waals surface area contributed by atoms with Crippen LogP contribution in [0.15, 0.2) is 47.0 Å². The summed E-state index contributed by atoms with van der Waals surface area (Å²) in [5.74, 6) is 0. The van der Waals surface area contributed by atoms with E-state index in [0.717, 1.165) is 48.1 Å². The lowest BCUT2D eigenvalue weighted by Gasteiger charge is -2.30. The van der Waals surface area contributed by atoms with Crippen LogP contribution in [-0.4, -0.2) is 50.7 Å². The summed E-state index contributed by atoms with van der Waals surface area (Å²) in [5.41, 5.74) is 6.67. The van der Waals surface area contributed by atoms with Crippen molar-refractivity contribution in [2.45, 2.75) is 30.6 Å². The molecule has 4 rings (SSSR count). The van der Waals surface area contributed by atoms with Gasteiger partial charge in [-0.25, -0.2) is 13.2 Å². The highest BCUT2D eigenvalue weighted by molar-refractivity contribution is 7.90. The number of nitrogens with zero attached hydrogens (tertiary/aromatic N) is 2. The van der Waals surface area contributed by atoms with Crippen molar-refractivity contribution in [3.63, 3.8) is 0 Å². The fraction of sp³-hybridized carbons (Fsp3) is 0.364. The molecule has 0 bridgehead atoms. The van der Waals surface area contributed by atoms with Gasteiger partial charge in [0.25, 0.3) is 0 Å². The molecule has 1 saturated heterocycles. The van der Waals surface area contributed by atoms with Gasteiger partial charge in [-0.1, -0.05) is 17.7 Å². The Morgan fingerprint density at radius 2 is 1.79 bits per heavy atom. The van der Waals surface area contributed by atoms with Crippen molar-refractivity contribution in [3.05, 3.63) is 64.5 Å². The van der Waals surface area contributed by atoms with Gasteiger partial charge in [-0.15, -0.1) is 0 Å². The lowest BCUT2D eigenvalue weighted by molar-refractivity contribution is 0.196. The Labute approximate surface area is 171 Å². The van der Waals surface area contributed by atoms with Gasteiger partial charge in [0.2, 0.25) is 0 Å². The molecule has 1 aliphatic heterocycles. The second kappa shape index (κ2) is 7.63. The number of carbonyl (C=O) groups is 1. The standard InChI is InChI=1S/C22H25N3O3S/c1-23-22(26)25-12-9-15(10-13-25)20-19-8-7-18(29(2,27)28)14-17(19)6-5-16-4-3-11-24-21(16)20/h3-4,7-8,11,14H,5-6,9-10,12-13H2,1-2H3,(H,23,26). The molecule has 7 heteroatoms. The molecule has 2 heterocycles. The van der Waals surface area contributed by atoms with Crippen LogP contribution in [0.5, 0.6) is 0 Å². The first kappa shape index (κ1) is 19.6. The minimum atomic E-state index is -3.26. The zero-order valence-corrected chi connectivity index (χ0v) is 17.6. The van der Waals surface area contributed by atoms with E-state index >= 15 is 0 Å². The smallest absolute Gasteiger partial charge is 0.317 e. The van der Waals surface area contributed by atoms with Crippen molar-refractivity contribution in [1.82, 2.24) is 15.2 Å². The quantitative estimate of drug-likeness (QED) is 0.783. The molecule has 1 aromatic heterocycles. The van der Waals surface area contributed by atoms with Crippen molar-refractivity contribution in [2.75, 3.05) is 26.4 Å². The first-order valence-electron chi connectivity index (χ1n) is 9.85. The molecule has 2 aromatic rings. The molecule has 2 amide bonds. The third-order valence-electron chi connectivity index (χ3n) is 5.79. The number of piperidine rings is 1. The van der Waals surface area contributed by atoms with Crippen LogP contribution in [-0.2, 0) is 22.7 Å². The molecule has 1 fully saturated rings. The number of rotatable bonds is 1. The van der Waals surface area contributed by atoms with E-state index in [-0.39, 0.29) is 6.03 Å². The molecule has 152 valence electrons. The van der Waals surface area contributed by atoms with E-state index in [9.17, 15) is 13.2 Å². The number of aromatic nitrogens is 1. The van der Waals surface area contributed by atoms with Gasteiger partial charge in [0.05, 0.1) is 10.6 Å². The topological polar surface area (TPSA) is 79.4 Å². The van der Waals surface area contributed by atoms with E-state index in [1.165, 1.54) is 17.4 Å². The fourth-order valence-electron chi connectivity index (χ4n) is 4.26. The van der Waals surface area contributed by atoms with Gasteiger partial charge in [-0.2, -0.15) is 0 Å². The number of likely N-dealkylation sites (tertiary alicyclic amines) is 1. The van der Waals surface area contributed by atoms with Gasteiger partial charge in [-0.05, 0) is 60.6 Å². The highest BCUT2D eigenvalue weighted by Gasteiger charge is 2.26. The molecule has 2 aliphatic rings. The van der Waals surface area contributed by atoms with Crippen LogP contribution in [0.4, 0.5) is 4.79 Å². The van der Waals surface area contributed by atoms with Gasteiger partial charge in [0.1, 0.15) is 0 Å². The van der Waals surface area contributed by atoms with Crippen LogP contribution >= 0.6 is 0 Å². The van der Waals surface area contributed by atoms with Gasteiger partial charge in [0.15, 0.2) is 9.84 Å². The average molecular weight is 412 g/mol. The van der Waals surface area contributed by atoms with Crippen LogP contribution in [0.25, 0.3) is 5.57 Å². The van der Waals surface area contributed by atoms with Gasteiger partial charge in [0, 0.05) is 38.2 Å². The first-order chi connectivity index (χ1) is 13.9. The number of pyridine rings is 1. The molecule has 1 N–H and O–H groups in total. The highest BCUT2D eigenvalue weighted by atomic mass is 32.2.